The van der Waals surface area contributed by atoms with E-state index in [0.717, 1.165) is 5.56 Å². The van der Waals surface area contributed by atoms with Gasteiger partial charge >= 0.3 is 0 Å². The highest BCUT2D eigenvalue weighted by Gasteiger charge is 2.28. The SMILES string of the molecule is O=C1C(NC(Cc2ccccc2)C(=O)Nc2ccccc2F)=C/C(=N/O)c2ccccc21. The zero-order valence-corrected chi connectivity index (χ0v) is 17.0. The first-order valence-corrected chi connectivity index (χ1v) is 10.0. The summed E-state index contributed by atoms with van der Waals surface area (Å²) in [7, 11) is 0. The molecular formula is C25H20FN3O3. The summed E-state index contributed by atoms with van der Waals surface area (Å²) < 4.78 is 14.1. The third kappa shape index (κ3) is 4.41. The van der Waals surface area contributed by atoms with E-state index in [1.807, 2.05) is 30.3 Å². The number of Topliss-reactive ketones (excluding diaryl/α,β-unsaturated/α-hetero) is 1. The van der Waals surface area contributed by atoms with Gasteiger partial charge in [-0.2, -0.15) is 0 Å². The van der Waals surface area contributed by atoms with Crippen molar-refractivity contribution < 1.29 is 19.2 Å². The molecule has 3 N–H and O–H groups in total. The van der Waals surface area contributed by atoms with Crippen LogP contribution in [-0.4, -0.2) is 28.7 Å². The van der Waals surface area contributed by atoms with Gasteiger partial charge in [-0.3, -0.25) is 9.59 Å². The summed E-state index contributed by atoms with van der Waals surface area (Å²) in [5, 5.41) is 18.3. The lowest BCUT2D eigenvalue weighted by atomic mass is 9.91. The Kier molecular flexibility index (Phi) is 6.07. The van der Waals surface area contributed by atoms with Gasteiger partial charge in [-0.25, -0.2) is 4.39 Å². The molecule has 0 saturated heterocycles. The number of anilines is 1. The molecule has 1 aliphatic carbocycles. The number of carbonyl (C=O) groups excluding carboxylic acids is 2. The van der Waals surface area contributed by atoms with E-state index in [0.29, 0.717) is 11.1 Å². The fraction of sp³-hybridized carbons (Fsp3) is 0.0800. The van der Waals surface area contributed by atoms with Crippen LogP contribution in [0.15, 0.2) is 95.8 Å². The number of hydrogen-bond donors (Lipinski definition) is 3. The number of hydrogen-bond acceptors (Lipinski definition) is 5. The molecule has 3 aromatic carbocycles. The fourth-order valence-corrected chi connectivity index (χ4v) is 3.55. The van der Waals surface area contributed by atoms with Crippen molar-refractivity contribution in [1.29, 1.82) is 0 Å². The summed E-state index contributed by atoms with van der Waals surface area (Å²) in [4.78, 5) is 26.1. The minimum atomic E-state index is -0.891. The lowest BCUT2D eigenvalue weighted by Gasteiger charge is -2.24. The Morgan fingerprint density at radius 3 is 2.31 bits per heavy atom. The minimum absolute atomic E-state index is 0.0456. The van der Waals surface area contributed by atoms with Gasteiger partial charge in [-0.1, -0.05) is 71.9 Å². The van der Waals surface area contributed by atoms with Crippen LogP contribution in [0.25, 0.3) is 0 Å². The fourth-order valence-electron chi connectivity index (χ4n) is 3.55. The van der Waals surface area contributed by atoms with Crippen molar-refractivity contribution >= 4 is 23.1 Å². The maximum absolute atomic E-state index is 14.1. The van der Waals surface area contributed by atoms with Gasteiger partial charge in [0.15, 0.2) is 0 Å². The van der Waals surface area contributed by atoms with E-state index in [1.165, 1.54) is 24.3 Å². The molecule has 1 unspecified atom stereocenters. The zero-order chi connectivity index (χ0) is 22.5. The highest BCUT2D eigenvalue weighted by atomic mass is 19.1. The van der Waals surface area contributed by atoms with Crippen molar-refractivity contribution in [2.24, 2.45) is 5.16 Å². The predicted octanol–water partition coefficient (Wildman–Crippen LogP) is 3.92. The van der Waals surface area contributed by atoms with Crippen LogP contribution >= 0.6 is 0 Å². The van der Waals surface area contributed by atoms with Gasteiger partial charge in [-0.05, 0) is 23.8 Å². The highest BCUT2D eigenvalue weighted by molar-refractivity contribution is 6.26. The van der Waals surface area contributed by atoms with Gasteiger partial charge in [0.1, 0.15) is 17.6 Å². The number of benzene rings is 3. The molecule has 0 aromatic heterocycles. The molecule has 0 spiro atoms. The third-order valence-electron chi connectivity index (χ3n) is 5.14. The first-order valence-electron chi connectivity index (χ1n) is 10.0. The van der Waals surface area contributed by atoms with Crippen LogP contribution in [0.2, 0.25) is 0 Å². The van der Waals surface area contributed by atoms with Gasteiger partial charge < -0.3 is 15.8 Å². The first kappa shape index (κ1) is 21.0. The van der Waals surface area contributed by atoms with Crippen LogP contribution in [0.3, 0.4) is 0 Å². The van der Waals surface area contributed by atoms with Crippen molar-refractivity contribution in [3.8, 4) is 0 Å². The average molecular weight is 429 g/mol. The van der Waals surface area contributed by atoms with E-state index >= 15 is 0 Å². The topological polar surface area (TPSA) is 90.8 Å². The summed E-state index contributed by atoms with van der Waals surface area (Å²) in [6.45, 7) is 0. The van der Waals surface area contributed by atoms with Crippen LogP contribution < -0.4 is 10.6 Å². The van der Waals surface area contributed by atoms with Crippen molar-refractivity contribution in [2.75, 3.05) is 5.32 Å². The van der Waals surface area contributed by atoms with Gasteiger partial charge in [0.05, 0.1) is 11.4 Å². The van der Waals surface area contributed by atoms with Crippen molar-refractivity contribution in [3.63, 3.8) is 0 Å². The van der Waals surface area contributed by atoms with E-state index in [4.69, 9.17) is 0 Å². The predicted molar refractivity (Wildman–Crippen MR) is 119 cm³/mol. The Morgan fingerprint density at radius 1 is 0.938 bits per heavy atom. The molecule has 160 valence electrons. The number of amides is 1. The highest BCUT2D eigenvalue weighted by Crippen LogP contribution is 2.22. The second-order valence-electron chi connectivity index (χ2n) is 7.27. The molecule has 0 fully saturated rings. The normalized spacial score (nSPS) is 15.0. The molecule has 7 heteroatoms. The molecular weight excluding hydrogens is 409 g/mol. The number of halogens is 1. The second kappa shape index (κ2) is 9.26. The lowest BCUT2D eigenvalue weighted by Crippen LogP contribution is -2.44. The Morgan fingerprint density at radius 2 is 1.59 bits per heavy atom. The van der Waals surface area contributed by atoms with Gasteiger partial charge in [-0.15, -0.1) is 0 Å². The quantitative estimate of drug-likeness (QED) is 0.409. The van der Waals surface area contributed by atoms with Crippen LogP contribution in [0.4, 0.5) is 10.1 Å². The van der Waals surface area contributed by atoms with E-state index in [-0.39, 0.29) is 29.3 Å². The monoisotopic (exact) mass is 429 g/mol. The lowest BCUT2D eigenvalue weighted by molar-refractivity contribution is -0.118. The maximum Gasteiger partial charge on any atom is 0.247 e. The molecule has 0 saturated carbocycles. The standard InChI is InChI=1S/C25H20FN3O3/c26-19-12-6-7-13-20(19)28-25(31)23(14-16-8-2-1-3-9-16)27-22-15-21(29-32)17-10-4-5-11-18(17)24(22)30/h1-13,15,23,27,32H,14H2,(H,28,31)/b29-21-. The maximum atomic E-state index is 14.1. The number of fused-ring (bicyclic) bond motifs is 1. The number of rotatable bonds is 6. The van der Waals surface area contributed by atoms with Crippen LogP contribution in [0.1, 0.15) is 21.5 Å². The molecule has 4 rings (SSSR count). The van der Waals surface area contributed by atoms with Crippen molar-refractivity contribution in [2.45, 2.75) is 12.5 Å². The average Bonchev–Trinajstić information content (AvgIpc) is 2.82. The summed E-state index contributed by atoms with van der Waals surface area (Å²) in [6, 6.07) is 21.0. The van der Waals surface area contributed by atoms with E-state index in [1.54, 1.807) is 30.3 Å². The van der Waals surface area contributed by atoms with E-state index in [2.05, 4.69) is 15.8 Å². The molecule has 0 heterocycles. The molecule has 1 amide bonds. The number of oxime groups is 1. The Balaban J connectivity index is 1.64. The number of para-hydroxylation sites is 1. The number of carbonyl (C=O) groups is 2. The molecule has 3 aromatic rings. The number of ketones is 1. The zero-order valence-electron chi connectivity index (χ0n) is 17.0. The molecule has 0 aliphatic heterocycles. The Labute approximate surface area is 184 Å². The van der Waals surface area contributed by atoms with Crippen molar-refractivity contribution in [3.05, 3.63) is 113 Å². The summed E-state index contributed by atoms with van der Waals surface area (Å²) in [6.07, 6.45) is 1.65. The number of allylic oxidation sites excluding steroid dienone is 2. The smallest absolute Gasteiger partial charge is 0.247 e. The summed E-state index contributed by atoms with van der Waals surface area (Å²) >= 11 is 0. The van der Waals surface area contributed by atoms with E-state index < -0.39 is 17.8 Å². The number of nitrogens with zero attached hydrogens (tertiary/aromatic N) is 1. The van der Waals surface area contributed by atoms with Crippen LogP contribution in [0.5, 0.6) is 0 Å². The summed E-state index contributed by atoms with van der Waals surface area (Å²) in [5.74, 6) is -1.39. The largest absolute Gasteiger partial charge is 0.410 e. The van der Waals surface area contributed by atoms with Crippen LogP contribution in [-0.2, 0) is 11.2 Å². The van der Waals surface area contributed by atoms with Crippen molar-refractivity contribution in [1.82, 2.24) is 5.32 Å². The molecule has 0 radical (unpaired) electrons. The van der Waals surface area contributed by atoms with Gasteiger partial charge in [0.25, 0.3) is 0 Å². The molecule has 32 heavy (non-hydrogen) atoms. The summed E-state index contributed by atoms with van der Waals surface area (Å²) in [5.41, 5.74) is 2.08. The van der Waals surface area contributed by atoms with Gasteiger partial charge in [0.2, 0.25) is 11.7 Å². The van der Waals surface area contributed by atoms with Crippen LogP contribution in [0, 0.1) is 5.82 Å². The Hall–Kier alpha value is -4.26. The first-order chi connectivity index (χ1) is 15.6. The molecule has 0 bridgehead atoms. The molecule has 1 aliphatic rings. The van der Waals surface area contributed by atoms with E-state index in [9.17, 15) is 19.2 Å². The minimum Gasteiger partial charge on any atom is -0.410 e. The molecule has 6 nitrogen and oxygen atoms in total. The second-order valence-corrected chi connectivity index (χ2v) is 7.27. The number of nitrogens with one attached hydrogen (secondary N) is 2. The Bertz CT molecular complexity index is 1220. The third-order valence-corrected chi connectivity index (χ3v) is 5.14. The van der Waals surface area contributed by atoms with Gasteiger partial charge in [0, 0.05) is 17.5 Å². The molecule has 1 atom stereocenters.